The van der Waals surface area contributed by atoms with Gasteiger partial charge in [0.05, 0.1) is 16.6 Å². The second-order valence-electron chi connectivity index (χ2n) is 13.6. The largest absolute Gasteiger partial charge is 0.298 e. The Morgan fingerprint density at radius 1 is 0.641 bits per heavy atom. The molecule has 3 aromatic rings. The van der Waals surface area contributed by atoms with E-state index in [0.717, 1.165) is 4.60 Å². The SMILES string of the molecule is CC(C)(C)N1CCCC1.CC(C)(C)n1ccc(Br)n1.CC(C)(C)n1ccc(Cl)n1.CC(C)(C)n1ccc(F)n1. The standard InChI is InChI=1S/C8H17N.C7H11BrN2.C7H11ClN2.C7H11FN2/c1-8(2,3)9-6-4-5-7-9;3*1-7(2,3)10-5-4-6(8)9-10/h4-7H2,1-3H3;3*4-5H,1-3H3. The van der Waals surface area contributed by atoms with Crippen molar-refractivity contribution < 1.29 is 4.39 Å². The zero-order valence-corrected chi connectivity index (χ0v) is 28.4. The number of halogens is 3. The molecule has 1 saturated heterocycles. The molecule has 0 atom stereocenters. The van der Waals surface area contributed by atoms with E-state index >= 15 is 0 Å². The number of likely N-dealkylation sites (tertiary alicyclic amines) is 1. The van der Waals surface area contributed by atoms with Crippen LogP contribution < -0.4 is 0 Å². The van der Waals surface area contributed by atoms with Gasteiger partial charge in [0.15, 0.2) is 5.15 Å². The van der Waals surface area contributed by atoms with Crippen LogP contribution in [-0.4, -0.2) is 52.9 Å². The maximum absolute atomic E-state index is 12.3. The van der Waals surface area contributed by atoms with Crippen molar-refractivity contribution in [2.75, 3.05) is 13.1 Å². The molecule has 222 valence electrons. The summed E-state index contributed by atoms with van der Waals surface area (Å²) in [7, 11) is 0. The second-order valence-corrected chi connectivity index (χ2v) is 14.8. The van der Waals surface area contributed by atoms with Gasteiger partial charge in [-0.05, 0) is 137 Å². The van der Waals surface area contributed by atoms with Gasteiger partial charge in [-0.3, -0.25) is 18.9 Å². The van der Waals surface area contributed by atoms with Crippen LogP contribution in [0, 0.1) is 5.95 Å². The third kappa shape index (κ3) is 13.5. The van der Waals surface area contributed by atoms with Crippen LogP contribution in [0.15, 0.2) is 41.4 Å². The third-order valence-electron chi connectivity index (χ3n) is 5.79. The molecule has 7 nitrogen and oxygen atoms in total. The highest BCUT2D eigenvalue weighted by molar-refractivity contribution is 9.10. The second kappa shape index (κ2) is 14.3. The fourth-order valence-corrected chi connectivity index (χ4v) is 3.84. The van der Waals surface area contributed by atoms with Crippen molar-refractivity contribution in [3.05, 3.63) is 52.5 Å². The lowest BCUT2D eigenvalue weighted by Gasteiger charge is -2.31. The maximum atomic E-state index is 12.3. The topological polar surface area (TPSA) is 56.7 Å². The molecule has 0 radical (unpaired) electrons. The van der Waals surface area contributed by atoms with Crippen LogP contribution in [0.1, 0.15) is 95.9 Å². The van der Waals surface area contributed by atoms with E-state index in [0.29, 0.717) is 10.7 Å². The molecule has 4 heterocycles. The quantitative estimate of drug-likeness (QED) is 0.251. The van der Waals surface area contributed by atoms with Crippen molar-refractivity contribution >= 4 is 27.5 Å². The van der Waals surface area contributed by atoms with E-state index < -0.39 is 5.95 Å². The van der Waals surface area contributed by atoms with E-state index in [2.05, 4.69) is 98.4 Å². The van der Waals surface area contributed by atoms with Gasteiger partial charge in [-0.2, -0.15) is 14.6 Å². The molecular formula is C29H50BrClFN7. The normalized spacial score (nSPS) is 14.5. The summed E-state index contributed by atoms with van der Waals surface area (Å²) in [6.45, 7) is 28.0. The first-order valence-electron chi connectivity index (χ1n) is 13.5. The summed E-state index contributed by atoms with van der Waals surface area (Å²) in [6, 6.07) is 5.07. The highest BCUT2D eigenvalue weighted by Gasteiger charge is 2.23. The van der Waals surface area contributed by atoms with E-state index in [-0.39, 0.29) is 16.6 Å². The van der Waals surface area contributed by atoms with Gasteiger partial charge < -0.3 is 0 Å². The molecule has 0 bridgehead atoms. The zero-order chi connectivity index (χ0) is 30.2. The molecule has 0 aliphatic carbocycles. The summed E-state index contributed by atoms with van der Waals surface area (Å²) in [6.07, 6.45) is 8.27. The Morgan fingerprint density at radius 3 is 1.26 bits per heavy atom. The minimum Gasteiger partial charge on any atom is -0.298 e. The van der Waals surface area contributed by atoms with Crippen LogP contribution >= 0.6 is 27.5 Å². The minimum atomic E-state index is -0.421. The fourth-order valence-electron chi connectivity index (χ4n) is 3.41. The van der Waals surface area contributed by atoms with E-state index in [1.165, 1.54) is 32.0 Å². The number of aromatic nitrogens is 6. The molecule has 39 heavy (non-hydrogen) atoms. The predicted molar refractivity (Wildman–Crippen MR) is 165 cm³/mol. The summed E-state index contributed by atoms with van der Waals surface area (Å²) in [4.78, 5) is 2.55. The summed E-state index contributed by atoms with van der Waals surface area (Å²) in [5.74, 6) is -0.421. The molecule has 0 aromatic carbocycles. The first kappa shape index (κ1) is 35.3. The van der Waals surface area contributed by atoms with Gasteiger partial charge in [-0.25, -0.2) is 0 Å². The molecule has 1 fully saturated rings. The fraction of sp³-hybridized carbons (Fsp3) is 0.690. The molecule has 0 unspecified atom stereocenters. The van der Waals surface area contributed by atoms with Crippen LogP contribution in [0.5, 0.6) is 0 Å². The molecular weight excluding hydrogens is 581 g/mol. The maximum Gasteiger partial charge on any atom is 0.232 e. The van der Waals surface area contributed by atoms with Gasteiger partial charge in [0.2, 0.25) is 5.95 Å². The Morgan fingerprint density at radius 2 is 1.05 bits per heavy atom. The van der Waals surface area contributed by atoms with Crippen molar-refractivity contribution in [1.29, 1.82) is 0 Å². The van der Waals surface area contributed by atoms with Crippen LogP contribution in [0.2, 0.25) is 5.15 Å². The molecule has 0 spiro atoms. The molecule has 0 N–H and O–H groups in total. The van der Waals surface area contributed by atoms with Crippen molar-refractivity contribution in [3.63, 3.8) is 0 Å². The zero-order valence-electron chi connectivity index (χ0n) is 26.1. The number of hydrogen-bond donors (Lipinski definition) is 0. The summed E-state index contributed by atoms with van der Waals surface area (Å²) >= 11 is 8.93. The lowest BCUT2D eigenvalue weighted by atomic mass is 10.1. The molecule has 4 rings (SSSR count). The van der Waals surface area contributed by atoms with Crippen LogP contribution in [0.3, 0.4) is 0 Å². The lowest BCUT2D eigenvalue weighted by Crippen LogP contribution is -2.38. The highest BCUT2D eigenvalue weighted by Crippen LogP contribution is 2.19. The van der Waals surface area contributed by atoms with E-state index in [4.69, 9.17) is 11.6 Å². The molecule has 1 aliphatic heterocycles. The van der Waals surface area contributed by atoms with E-state index in [9.17, 15) is 4.39 Å². The van der Waals surface area contributed by atoms with Gasteiger partial charge >= 0.3 is 0 Å². The summed E-state index contributed by atoms with van der Waals surface area (Å²) in [5.41, 5.74) is 0.417. The lowest BCUT2D eigenvalue weighted by molar-refractivity contribution is 0.175. The van der Waals surface area contributed by atoms with Crippen molar-refractivity contribution in [1.82, 2.24) is 34.2 Å². The van der Waals surface area contributed by atoms with Gasteiger partial charge in [0, 0.05) is 30.2 Å². The Labute approximate surface area is 249 Å². The monoisotopic (exact) mass is 629 g/mol. The van der Waals surface area contributed by atoms with Gasteiger partial charge in [0.1, 0.15) is 4.60 Å². The van der Waals surface area contributed by atoms with Gasteiger partial charge in [-0.15, -0.1) is 5.10 Å². The summed E-state index contributed by atoms with van der Waals surface area (Å²) in [5, 5.41) is 12.5. The Kier molecular flexibility index (Phi) is 12.9. The van der Waals surface area contributed by atoms with Gasteiger partial charge in [0.25, 0.3) is 0 Å². The van der Waals surface area contributed by atoms with E-state index in [1.54, 1.807) is 16.9 Å². The first-order chi connectivity index (χ1) is 17.6. The number of hydrogen-bond acceptors (Lipinski definition) is 4. The Bertz CT molecular complexity index is 983. The van der Waals surface area contributed by atoms with Crippen LogP contribution in [0.25, 0.3) is 0 Å². The van der Waals surface area contributed by atoms with Crippen LogP contribution in [-0.2, 0) is 16.6 Å². The average molecular weight is 631 g/mol. The molecule has 1 aliphatic rings. The van der Waals surface area contributed by atoms with Crippen molar-refractivity contribution in [2.45, 2.75) is 118 Å². The Hall–Kier alpha value is -1.71. The molecule has 10 heteroatoms. The number of rotatable bonds is 0. The van der Waals surface area contributed by atoms with E-state index in [1.807, 2.05) is 48.6 Å². The molecule has 3 aromatic heterocycles. The van der Waals surface area contributed by atoms with Crippen molar-refractivity contribution in [2.24, 2.45) is 0 Å². The predicted octanol–water partition coefficient (Wildman–Crippen LogP) is 8.35. The van der Waals surface area contributed by atoms with Gasteiger partial charge in [-0.1, -0.05) is 11.6 Å². The first-order valence-corrected chi connectivity index (χ1v) is 14.7. The minimum absolute atomic E-state index is 0.0349. The average Bonchev–Trinajstić information content (AvgIpc) is 3.55. The molecule has 0 saturated carbocycles. The van der Waals surface area contributed by atoms with Crippen LogP contribution in [0.4, 0.5) is 4.39 Å². The highest BCUT2D eigenvalue weighted by atomic mass is 79.9. The number of nitrogens with zero attached hydrogens (tertiary/aromatic N) is 7. The smallest absolute Gasteiger partial charge is 0.232 e. The summed E-state index contributed by atoms with van der Waals surface area (Å²) < 4.78 is 18.6. The Balaban J connectivity index is 0.000000260. The third-order valence-corrected chi connectivity index (χ3v) is 6.41. The molecule has 0 amide bonds. The van der Waals surface area contributed by atoms with Crippen molar-refractivity contribution in [3.8, 4) is 0 Å².